The zero-order chi connectivity index (χ0) is 11.5. The Morgan fingerprint density at radius 2 is 2.19 bits per heavy atom. The molecule has 0 amide bonds. The number of ketones is 1. The van der Waals surface area contributed by atoms with Crippen molar-refractivity contribution < 1.29 is 4.79 Å². The third-order valence-electron chi connectivity index (χ3n) is 2.26. The highest BCUT2D eigenvalue weighted by atomic mass is 16.1. The maximum atomic E-state index is 11.2. The van der Waals surface area contributed by atoms with Gasteiger partial charge in [-0.05, 0) is 19.1 Å². The molecule has 0 aliphatic carbocycles. The normalized spacial score (nSPS) is 10.1. The number of hydrogen-bond acceptors (Lipinski definition) is 3. The van der Waals surface area contributed by atoms with Crippen molar-refractivity contribution in [3.63, 3.8) is 0 Å². The minimum Gasteiger partial charge on any atom is -0.353 e. The summed E-state index contributed by atoms with van der Waals surface area (Å²) in [6, 6.07) is 7.40. The average Bonchev–Trinajstić information content (AvgIpc) is 2.64. The van der Waals surface area contributed by atoms with Crippen molar-refractivity contribution in [3.8, 4) is 0 Å². The van der Waals surface area contributed by atoms with Gasteiger partial charge in [-0.2, -0.15) is 5.10 Å². The van der Waals surface area contributed by atoms with Crippen molar-refractivity contribution in [3.05, 3.63) is 42.2 Å². The molecule has 0 spiro atoms. The van der Waals surface area contributed by atoms with Gasteiger partial charge in [-0.15, -0.1) is 0 Å². The van der Waals surface area contributed by atoms with Crippen LogP contribution in [0, 0.1) is 0 Å². The zero-order valence-corrected chi connectivity index (χ0v) is 9.27. The molecule has 16 heavy (non-hydrogen) atoms. The number of anilines is 2. The molecule has 0 unspecified atom stereocenters. The van der Waals surface area contributed by atoms with E-state index in [1.165, 1.54) is 0 Å². The Morgan fingerprint density at radius 1 is 1.38 bits per heavy atom. The average molecular weight is 215 g/mol. The summed E-state index contributed by atoms with van der Waals surface area (Å²) in [5.74, 6) is 0.0647. The molecule has 1 aromatic carbocycles. The van der Waals surface area contributed by atoms with Crippen LogP contribution in [0.15, 0.2) is 36.7 Å². The number of aryl methyl sites for hydroxylation is 1. The Kier molecular flexibility index (Phi) is 2.72. The van der Waals surface area contributed by atoms with E-state index in [1.54, 1.807) is 23.9 Å². The van der Waals surface area contributed by atoms with Gasteiger partial charge >= 0.3 is 0 Å². The summed E-state index contributed by atoms with van der Waals surface area (Å²) >= 11 is 0. The first kappa shape index (κ1) is 10.4. The fourth-order valence-electron chi connectivity index (χ4n) is 1.47. The molecule has 4 nitrogen and oxygen atoms in total. The van der Waals surface area contributed by atoms with E-state index in [9.17, 15) is 4.79 Å². The van der Waals surface area contributed by atoms with Gasteiger partial charge in [-0.3, -0.25) is 9.48 Å². The van der Waals surface area contributed by atoms with E-state index >= 15 is 0 Å². The van der Waals surface area contributed by atoms with Crippen LogP contribution in [0.5, 0.6) is 0 Å². The Morgan fingerprint density at radius 3 is 2.81 bits per heavy atom. The van der Waals surface area contributed by atoms with Gasteiger partial charge in [0.25, 0.3) is 0 Å². The van der Waals surface area contributed by atoms with Crippen LogP contribution in [0.4, 0.5) is 11.4 Å². The topological polar surface area (TPSA) is 46.9 Å². The number of nitrogens with one attached hydrogen (secondary N) is 1. The third-order valence-corrected chi connectivity index (χ3v) is 2.26. The molecular weight excluding hydrogens is 202 g/mol. The van der Waals surface area contributed by atoms with Crippen LogP contribution in [-0.4, -0.2) is 15.6 Å². The lowest BCUT2D eigenvalue weighted by atomic mass is 10.1. The summed E-state index contributed by atoms with van der Waals surface area (Å²) in [7, 11) is 1.86. The Balaban J connectivity index is 2.21. The zero-order valence-electron chi connectivity index (χ0n) is 9.27. The summed E-state index contributed by atoms with van der Waals surface area (Å²) in [5.41, 5.74) is 2.50. The van der Waals surface area contributed by atoms with Crippen molar-refractivity contribution in [2.45, 2.75) is 6.92 Å². The lowest BCUT2D eigenvalue weighted by Gasteiger charge is -2.04. The van der Waals surface area contributed by atoms with Gasteiger partial charge in [-0.1, -0.05) is 12.1 Å². The second-order valence-corrected chi connectivity index (χ2v) is 3.66. The first-order valence-electron chi connectivity index (χ1n) is 5.02. The maximum absolute atomic E-state index is 11.2. The van der Waals surface area contributed by atoms with Crippen LogP contribution in [-0.2, 0) is 7.05 Å². The number of rotatable bonds is 3. The monoisotopic (exact) mass is 215 g/mol. The lowest BCUT2D eigenvalue weighted by Crippen LogP contribution is -1.94. The molecule has 4 heteroatoms. The molecular formula is C12H13N3O. The van der Waals surface area contributed by atoms with Crippen LogP contribution in [0.2, 0.25) is 0 Å². The first-order chi connectivity index (χ1) is 7.65. The van der Waals surface area contributed by atoms with E-state index in [2.05, 4.69) is 10.4 Å². The summed E-state index contributed by atoms with van der Waals surface area (Å²) in [4.78, 5) is 11.2. The predicted molar refractivity (Wildman–Crippen MR) is 62.9 cm³/mol. The summed E-state index contributed by atoms with van der Waals surface area (Å²) in [5, 5.41) is 7.24. The standard InChI is InChI=1S/C12H13N3O/c1-9(16)10-4-3-5-11(6-10)14-12-7-13-15(2)8-12/h3-8,14H,1-2H3. The van der Waals surface area contributed by atoms with E-state index in [4.69, 9.17) is 0 Å². The molecule has 2 aromatic rings. The van der Waals surface area contributed by atoms with Crippen molar-refractivity contribution in [1.82, 2.24) is 9.78 Å². The molecule has 82 valence electrons. The molecule has 1 N–H and O–H groups in total. The molecule has 0 saturated carbocycles. The second kappa shape index (κ2) is 4.18. The van der Waals surface area contributed by atoms with Crippen molar-refractivity contribution >= 4 is 17.2 Å². The largest absolute Gasteiger partial charge is 0.353 e. The molecule has 0 fully saturated rings. The molecule has 1 aromatic heterocycles. The quantitative estimate of drug-likeness (QED) is 0.799. The molecule has 0 saturated heterocycles. The number of carbonyl (C=O) groups is 1. The van der Waals surface area contributed by atoms with Gasteiger partial charge in [0.2, 0.25) is 0 Å². The first-order valence-corrected chi connectivity index (χ1v) is 5.02. The van der Waals surface area contributed by atoms with Gasteiger partial charge in [-0.25, -0.2) is 0 Å². The van der Waals surface area contributed by atoms with E-state index < -0.39 is 0 Å². The summed E-state index contributed by atoms with van der Waals surface area (Å²) < 4.78 is 1.72. The third kappa shape index (κ3) is 2.28. The van der Waals surface area contributed by atoms with Gasteiger partial charge in [0.1, 0.15) is 0 Å². The van der Waals surface area contributed by atoms with Gasteiger partial charge in [0.15, 0.2) is 5.78 Å². The van der Waals surface area contributed by atoms with Crippen molar-refractivity contribution in [2.24, 2.45) is 7.05 Å². The number of aromatic nitrogens is 2. The fraction of sp³-hybridized carbons (Fsp3) is 0.167. The van der Waals surface area contributed by atoms with E-state index in [0.717, 1.165) is 11.4 Å². The molecule has 0 bridgehead atoms. The van der Waals surface area contributed by atoms with Crippen LogP contribution in [0.25, 0.3) is 0 Å². The minimum absolute atomic E-state index is 0.0647. The number of nitrogens with zero attached hydrogens (tertiary/aromatic N) is 2. The Bertz CT molecular complexity index is 516. The van der Waals surface area contributed by atoms with Crippen LogP contribution in [0.1, 0.15) is 17.3 Å². The minimum atomic E-state index is 0.0647. The fourth-order valence-corrected chi connectivity index (χ4v) is 1.47. The van der Waals surface area contributed by atoms with Crippen LogP contribution >= 0.6 is 0 Å². The van der Waals surface area contributed by atoms with E-state index in [0.29, 0.717) is 5.56 Å². The highest BCUT2D eigenvalue weighted by Crippen LogP contribution is 2.16. The number of hydrogen-bond donors (Lipinski definition) is 1. The van der Waals surface area contributed by atoms with Crippen molar-refractivity contribution in [2.75, 3.05) is 5.32 Å². The van der Waals surface area contributed by atoms with Crippen molar-refractivity contribution in [1.29, 1.82) is 0 Å². The molecule has 2 rings (SSSR count). The number of carbonyl (C=O) groups excluding carboxylic acids is 1. The molecule has 0 aliphatic heterocycles. The Labute approximate surface area is 93.9 Å². The molecule has 0 radical (unpaired) electrons. The SMILES string of the molecule is CC(=O)c1cccc(Nc2cnn(C)c2)c1. The van der Waals surface area contributed by atoms with Gasteiger partial charge in [0.05, 0.1) is 11.9 Å². The smallest absolute Gasteiger partial charge is 0.159 e. The summed E-state index contributed by atoms with van der Waals surface area (Å²) in [6.45, 7) is 1.56. The summed E-state index contributed by atoms with van der Waals surface area (Å²) in [6.07, 6.45) is 3.61. The second-order valence-electron chi connectivity index (χ2n) is 3.66. The van der Waals surface area contributed by atoms with Crippen LogP contribution < -0.4 is 5.32 Å². The highest BCUT2D eigenvalue weighted by Gasteiger charge is 2.01. The molecule has 1 heterocycles. The van der Waals surface area contributed by atoms with Crippen LogP contribution in [0.3, 0.4) is 0 Å². The predicted octanol–water partition coefficient (Wildman–Crippen LogP) is 2.37. The molecule has 0 aliphatic rings. The van der Waals surface area contributed by atoms with Gasteiger partial charge < -0.3 is 5.32 Å². The van der Waals surface area contributed by atoms with E-state index in [-0.39, 0.29) is 5.78 Å². The molecule has 0 atom stereocenters. The Hall–Kier alpha value is -2.10. The number of Topliss-reactive ketones (excluding diaryl/α,β-unsaturated/α-hetero) is 1. The number of benzene rings is 1. The highest BCUT2D eigenvalue weighted by molar-refractivity contribution is 5.95. The van der Waals surface area contributed by atoms with Gasteiger partial charge in [0, 0.05) is 24.5 Å². The van der Waals surface area contributed by atoms with E-state index in [1.807, 2.05) is 31.4 Å². The maximum Gasteiger partial charge on any atom is 0.159 e. The lowest BCUT2D eigenvalue weighted by molar-refractivity contribution is 0.101.